The highest BCUT2D eigenvalue weighted by Gasteiger charge is 2.16. The van der Waals surface area contributed by atoms with Crippen molar-refractivity contribution in [3.63, 3.8) is 0 Å². The zero-order chi connectivity index (χ0) is 20.4. The smallest absolute Gasteiger partial charge is 0.253 e. The molecule has 0 unspecified atom stereocenters. The minimum absolute atomic E-state index is 0. The zero-order valence-corrected chi connectivity index (χ0v) is 17.7. The van der Waals surface area contributed by atoms with Crippen LogP contribution in [0.25, 0.3) is 32.9 Å². The number of carbonyl (C=O) groups is 1. The standard InChI is InChI=1S/C24H22FN3O.ClH/c1-28(2)15-14-26-24(29)21-9-5-8-20-18-6-3-4-7-19(18)22(27-23(20)21)16-10-12-17(25)13-11-16;/h3-13H,14-15H2,1-2H3,(H,26,29);1H. The van der Waals surface area contributed by atoms with Crippen molar-refractivity contribution in [3.05, 3.63) is 78.1 Å². The van der Waals surface area contributed by atoms with Crippen molar-refractivity contribution >= 4 is 40.0 Å². The fourth-order valence-corrected chi connectivity index (χ4v) is 3.48. The monoisotopic (exact) mass is 423 g/mol. The van der Waals surface area contributed by atoms with E-state index >= 15 is 0 Å². The van der Waals surface area contributed by atoms with Crippen LogP contribution in [0.1, 0.15) is 10.4 Å². The molecule has 0 bridgehead atoms. The molecule has 1 amide bonds. The molecule has 1 aromatic heterocycles. The molecule has 4 rings (SSSR count). The van der Waals surface area contributed by atoms with Gasteiger partial charge in [-0.2, -0.15) is 0 Å². The number of carbonyl (C=O) groups excluding carboxylic acids is 1. The van der Waals surface area contributed by atoms with Crippen LogP contribution >= 0.6 is 12.4 Å². The van der Waals surface area contributed by atoms with Crippen LogP contribution in [0.15, 0.2) is 66.7 Å². The maximum Gasteiger partial charge on any atom is 0.253 e. The van der Waals surface area contributed by atoms with E-state index in [4.69, 9.17) is 4.98 Å². The summed E-state index contributed by atoms with van der Waals surface area (Å²) in [5.74, 6) is -0.440. The Balaban J connectivity index is 0.00000256. The van der Waals surface area contributed by atoms with E-state index in [9.17, 15) is 9.18 Å². The van der Waals surface area contributed by atoms with Gasteiger partial charge in [-0.1, -0.05) is 36.4 Å². The van der Waals surface area contributed by atoms with Gasteiger partial charge < -0.3 is 10.2 Å². The van der Waals surface area contributed by atoms with E-state index in [0.717, 1.165) is 34.0 Å². The highest BCUT2D eigenvalue weighted by atomic mass is 35.5. The van der Waals surface area contributed by atoms with Crippen LogP contribution in [-0.2, 0) is 0 Å². The lowest BCUT2D eigenvalue weighted by atomic mass is 9.98. The Labute approximate surface area is 181 Å². The number of halogens is 2. The molecule has 0 radical (unpaired) electrons. The van der Waals surface area contributed by atoms with Gasteiger partial charge in [0.25, 0.3) is 5.91 Å². The lowest BCUT2D eigenvalue weighted by Crippen LogP contribution is -2.31. The van der Waals surface area contributed by atoms with Crippen LogP contribution in [0.5, 0.6) is 0 Å². The van der Waals surface area contributed by atoms with Gasteiger partial charge in [-0.25, -0.2) is 9.37 Å². The van der Waals surface area contributed by atoms with Gasteiger partial charge in [-0.05, 0) is 49.8 Å². The molecule has 0 aliphatic carbocycles. The Bertz CT molecular complexity index is 1190. The molecule has 30 heavy (non-hydrogen) atoms. The number of para-hydroxylation sites is 1. The highest BCUT2D eigenvalue weighted by Crippen LogP contribution is 2.33. The van der Waals surface area contributed by atoms with Gasteiger partial charge in [0.1, 0.15) is 5.82 Å². The first kappa shape index (κ1) is 21.7. The van der Waals surface area contributed by atoms with Gasteiger partial charge in [-0.3, -0.25) is 4.79 Å². The van der Waals surface area contributed by atoms with Gasteiger partial charge in [0.2, 0.25) is 0 Å². The molecule has 0 saturated heterocycles. The number of aromatic nitrogens is 1. The summed E-state index contributed by atoms with van der Waals surface area (Å²) in [5.41, 5.74) is 2.73. The van der Waals surface area contributed by atoms with Crippen molar-refractivity contribution in [3.8, 4) is 11.3 Å². The average molecular weight is 424 g/mol. The van der Waals surface area contributed by atoms with Crippen LogP contribution in [0, 0.1) is 5.82 Å². The Morgan fingerprint density at radius 1 is 0.933 bits per heavy atom. The second kappa shape index (κ2) is 9.20. The highest BCUT2D eigenvalue weighted by molar-refractivity contribution is 6.16. The number of hydrogen-bond donors (Lipinski definition) is 1. The number of hydrogen-bond acceptors (Lipinski definition) is 3. The van der Waals surface area contributed by atoms with E-state index in [2.05, 4.69) is 5.32 Å². The Morgan fingerprint density at radius 2 is 1.60 bits per heavy atom. The third-order valence-electron chi connectivity index (χ3n) is 4.94. The summed E-state index contributed by atoms with van der Waals surface area (Å²) < 4.78 is 13.4. The summed E-state index contributed by atoms with van der Waals surface area (Å²) in [6.45, 7) is 1.31. The number of nitrogens with zero attached hydrogens (tertiary/aromatic N) is 2. The summed E-state index contributed by atoms with van der Waals surface area (Å²) in [6, 6.07) is 19.9. The van der Waals surface area contributed by atoms with Gasteiger partial charge >= 0.3 is 0 Å². The molecule has 3 aromatic carbocycles. The van der Waals surface area contributed by atoms with E-state index < -0.39 is 0 Å². The van der Waals surface area contributed by atoms with Crippen LogP contribution in [-0.4, -0.2) is 43.0 Å². The van der Waals surface area contributed by atoms with Crippen LogP contribution in [0.4, 0.5) is 4.39 Å². The second-order valence-electron chi connectivity index (χ2n) is 7.27. The summed E-state index contributed by atoms with van der Waals surface area (Å²) in [6.07, 6.45) is 0. The summed E-state index contributed by atoms with van der Waals surface area (Å²) in [5, 5.41) is 5.87. The van der Waals surface area contributed by atoms with Gasteiger partial charge in [0, 0.05) is 29.4 Å². The molecule has 4 nitrogen and oxygen atoms in total. The fraction of sp³-hybridized carbons (Fsp3) is 0.167. The molecule has 154 valence electrons. The van der Waals surface area contributed by atoms with Gasteiger partial charge in [0.05, 0.1) is 16.8 Å². The molecule has 0 atom stereocenters. The predicted octanol–water partition coefficient (Wildman–Crippen LogP) is 4.91. The van der Waals surface area contributed by atoms with Crippen molar-refractivity contribution < 1.29 is 9.18 Å². The number of likely N-dealkylation sites (N-methyl/N-ethyl adjacent to an activating group) is 1. The zero-order valence-electron chi connectivity index (χ0n) is 16.9. The largest absolute Gasteiger partial charge is 0.351 e. The molecule has 0 spiro atoms. The first-order valence-electron chi connectivity index (χ1n) is 9.55. The van der Waals surface area contributed by atoms with Gasteiger partial charge in [-0.15, -0.1) is 12.4 Å². The Hall–Kier alpha value is -3.02. The SMILES string of the molecule is CN(C)CCNC(=O)c1cccc2c1nc(-c1ccc(F)cc1)c1ccccc12.Cl. The number of pyridine rings is 1. The van der Waals surface area contributed by atoms with Crippen molar-refractivity contribution in [2.45, 2.75) is 0 Å². The average Bonchev–Trinajstić information content (AvgIpc) is 2.73. The molecule has 4 aromatic rings. The minimum Gasteiger partial charge on any atom is -0.351 e. The van der Waals surface area contributed by atoms with Gasteiger partial charge in [0.15, 0.2) is 0 Å². The molecule has 0 aliphatic heterocycles. The topological polar surface area (TPSA) is 45.2 Å². The maximum absolute atomic E-state index is 13.4. The Kier molecular flexibility index (Phi) is 6.65. The first-order chi connectivity index (χ1) is 14.0. The third-order valence-corrected chi connectivity index (χ3v) is 4.94. The summed E-state index contributed by atoms with van der Waals surface area (Å²) >= 11 is 0. The molecule has 0 fully saturated rings. The Morgan fingerprint density at radius 3 is 2.30 bits per heavy atom. The number of fused-ring (bicyclic) bond motifs is 3. The fourth-order valence-electron chi connectivity index (χ4n) is 3.48. The first-order valence-corrected chi connectivity index (χ1v) is 9.55. The lowest BCUT2D eigenvalue weighted by molar-refractivity contribution is 0.0952. The molecule has 0 saturated carbocycles. The van der Waals surface area contributed by atoms with E-state index in [1.54, 1.807) is 18.2 Å². The van der Waals surface area contributed by atoms with E-state index in [1.807, 2.05) is 55.4 Å². The third kappa shape index (κ3) is 4.27. The lowest BCUT2D eigenvalue weighted by Gasteiger charge is -2.14. The number of nitrogens with one attached hydrogen (secondary N) is 1. The summed E-state index contributed by atoms with van der Waals surface area (Å²) in [7, 11) is 3.93. The van der Waals surface area contributed by atoms with Crippen molar-refractivity contribution in [2.24, 2.45) is 0 Å². The molecule has 0 aliphatic rings. The normalized spacial score (nSPS) is 10.9. The van der Waals surface area contributed by atoms with Crippen LogP contribution in [0.2, 0.25) is 0 Å². The second-order valence-corrected chi connectivity index (χ2v) is 7.27. The molecular formula is C24H23ClFN3O. The number of amides is 1. The van der Waals surface area contributed by atoms with E-state index in [0.29, 0.717) is 17.6 Å². The van der Waals surface area contributed by atoms with Crippen molar-refractivity contribution in [2.75, 3.05) is 27.2 Å². The number of benzene rings is 3. The molecule has 6 heteroatoms. The van der Waals surface area contributed by atoms with Crippen molar-refractivity contribution in [1.29, 1.82) is 0 Å². The van der Waals surface area contributed by atoms with Crippen LogP contribution < -0.4 is 5.32 Å². The molecule has 1 N–H and O–H groups in total. The number of rotatable bonds is 5. The van der Waals surface area contributed by atoms with E-state index in [1.165, 1.54) is 12.1 Å². The molecular weight excluding hydrogens is 401 g/mol. The van der Waals surface area contributed by atoms with Crippen LogP contribution in [0.3, 0.4) is 0 Å². The summed E-state index contributed by atoms with van der Waals surface area (Å²) in [4.78, 5) is 19.7. The maximum atomic E-state index is 13.4. The van der Waals surface area contributed by atoms with E-state index in [-0.39, 0.29) is 24.1 Å². The van der Waals surface area contributed by atoms with Crippen molar-refractivity contribution in [1.82, 2.24) is 15.2 Å². The molecule has 1 heterocycles. The quantitative estimate of drug-likeness (QED) is 0.464. The minimum atomic E-state index is -0.292. The predicted molar refractivity (Wildman–Crippen MR) is 123 cm³/mol.